The molecule has 3 aromatic carbocycles. The molecule has 3 rings (SSSR count). The minimum absolute atomic E-state index is 0.230. The fourth-order valence-electron chi connectivity index (χ4n) is 2.90. The first kappa shape index (κ1) is 21.8. The minimum Gasteiger partial charge on any atom is -0.497 e. The Balaban J connectivity index is 1.40. The first-order chi connectivity index (χ1) is 15.2. The molecule has 0 aliphatic rings. The van der Waals surface area contributed by atoms with Gasteiger partial charge in [-0.3, -0.25) is 0 Å². The fraction of sp³-hybridized carbons (Fsp3) is 0.107. The van der Waals surface area contributed by atoms with Crippen LogP contribution in [0, 0.1) is 0 Å². The Hall–Kier alpha value is -3.85. The standard InChI is InChI=1S/C28H26O3/c1-30-27-19-16-26(17-20-27)18-21-28(29)31-22-6-11-25-14-12-24(13-15-25)10-5-9-23-7-3-2-4-8-23/h2-9,11-21H,10,22H2,1H3. The first-order valence-corrected chi connectivity index (χ1v) is 10.2. The van der Waals surface area contributed by atoms with Gasteiger partial charge in [-0.05, 0) is 53.0 Å². The van der Waals surface area contributed by atoms with E-state index in [9.17, 15) is 4.79 Å². The molecule has 3 heteroatoms. The van der Waals surface area contributed by atoms with Crippen LogP contribution in [-0.4, -0.2) is 19.7 Å². The average Bonchev–Trinajstić information content (AvgIpc) is 2.82. The van der Waals surface area contributed by atoms with E-state index in [1.165, 1.54) is 17.2 Å². The van der Waals surface area contributed by atoms with Crippen LogP contribution in [0.1, 0.15) is 22.3 Å². The van der Waals surface area contributed by atoms with E-state index < -0.39 is 0 Å². The molecule has 0 aliphatic carbocycles. The lowest BCUT2D eigenvalue weighted by molar-refractivity contribution is -0.136. The molecule has 156 valence electrons. The van der Waals surface area contributed by atoms with Gasteiger partial charge < -0.3 is 9.47 Å². The highest BCUT2D eigenvalue weighted by atomic mass is 16.5. The highest BCUT2D eigenvalue weighted by Crippen LogP contribution is 2.12. The second-order valence-electron chi connectivity index (χ2n) is 6.90. The second-order valence-corrected chi connectivity index (χ2v) is 6.90. The zero-order chi connectivity index (χ0) is 21.7. The van der Waals surface area contributed by atoms with Crippen LogP contribution in [0.5, 0.6) is 5.75 Å². The summed E-state index contributed by atoms with van der Waals surface area (Å²) < 4.78 is 10.3. The minimum atomic E-state index is -0.374. The number of carbonyl (C=O) groups is 1. The Labute approximate surface area is 184 Å². The molecule has 0 bridgehead atoms. The smallest absolute Gasteiger partial charge is 0.331 e. The molecule has 0 aliphatic heterocycles. The molecule has 0 aromatic heterocycles. The van der Waals surface area contributed by atoms with Crippen molar-refractivity contribution >= 4 is 24.2 Å². The molecular weight excluding hydrogens is 384 g/mol. The van der Waals surface area contributed by atoms with Crippen molar-refractivity contribution in [2.75, 3.05) is 13.7 Å². The van der Waals surface area contributed by atoms with Crippen molar-refractivity contribution in [2.45, 2.75) is 6.42 Å². The predicted octanol–water partition coefficient (Wildman–Crippen LogP) is 6.22. The van der Waals surface area contributed by atoms with E-state index in [2.05, 4.69) is 48.6 Å². The lowest BCUT2D eigenvalue weighted by Gasteiger charge is -2.00. The highest BCUT2D eigenvalue weighted by Gasteiger charge is 1.96. The molecule has 0 fully saturated rings. The molecule has 0 unspecified atom stereocenters. The van der Waals surface area contributed by atoms with Crippen LogP contribution in [0.2, 0.25) is 0 Å². The van der Waals surface area contributed by atoms with Gasteiger partial charge in [0.25, 0.3) is 0 Å². The highest BCUT2D eigenvalue weighted by molar-refractivity contribution is 5.87. The second kappa shape index (κ2) is 12.0. The number of allylic oxidation sites excluding steroid dienone is 1. The normalized spacial score (nSPS) is 11.4. The van der Waals surface area contributed by atoms with Crippen molar-refractivity contribution in [3.05, 3.63) is 119 Å². The third-order valence-electron chi connectivity index (χ3n) is 4.60. The van der Waals surface area contributed by atoms with Crippen molar-refractivity contribution in [1.82, 2.24) is 0 Å². The number of hydrogen-bond acceptors (Lipinski definition) is 3. The maximum absolute atomic E-state index is 11.8. The molecule has 0 saturated carbocycles. The third kappa shape index (κ3) is 7.82. The quantitative estimate of drug-likeness (QED) is 0.310. The van der Waals surface area contributed by atoms with Crippen molar-refractivity contribution in [3.63, 3.8) is 0 Å². The van der Waals surface area contributed by atoms with Crippen LogP contribution in [-0.2, 0) is 16.0 Å². The SMILES string of the molecule is COc1ccc(C=CC(=O)OCC=Cc2ccc(CC=Cc3ccccc3)cc2)cc1. The molecule has 31 heavy (non-hydrogen) atoms. The van der Waals surface area contributed by atoms with E-state index in [0.717, 1.165) is 23.3 Å². The third-order valence-corrected chi connectivity index (χ3v) is 4.60. The van der Waals surface area contributed by atoms with Crippen LogP contribution in [0.25, 0.3) is 18.2 Å². The Morgan fingerprint density at radius 3 is 2.06 bits per heavy atom. The van der Waals surface area contributed by atoms with E-state index in [0.29, 0.717) is 0 Å². The van der Waals surface area contributed by atoms with E-state index in [1.54, 1.807) is 13.2 Å². The van der Waals surface area contributed by atoms with Crippen molar-refractivity contribution in [3.8, 4) is 5.75 Å². The number of carbonyl (C=O) groups excluding carboxylic acids is 1. The maximum atomic E-state index is 11.8. The molecule has 3 aromatic rings. The van der Waals surface area contributed by atoms with Crippen LogP contribution >= 0.6 is 0 Å². The van der Waals surface area contributed by atoms with Crippen LogP contribution in [0.4, 0.5) is 0 Å². The van der Waals surface area contributed by atoms with Gasteiger partial charge in [-0.15, -0.1) is 0 Å². The molecule has 0 saturated heterocycles. The van der Waals surface area contributed by atoms with Gasteiger partial charge in [-0.25, -0.2) is 4.79 Å². The molecule has 0 N–H and O–H groups in total. The van der Waals surface area contributed by atoms with Gasteiger partial charge in [0.2, 0.25) is 0 Å². The van der Waals surface area contributed by atoms with Crippen molar-refractivity contribution in [2.24, 2.45) is 0 Å². The molecule has 0 amide bonds. The zero-order valence-corrected chi connectivity index (χ0v) is 17.6. The zero-order valence-electron chi connectivity index (χ0n) is 17.6. The van der Waals surface area contributed by atoms with Gasteiger partial charge in [0.15, 0.2) is 0 Å². The molecule has 3 nitrogen and oxygen atoms in total. The Kier molecular flexibility index (Phi) is 8.45. The number of benzene rings is 3. The van der Waals surface area contributed by atoms with Crippen molar-refractivity contribution in [1.29, 1.82) is 0 Å². The molecule has 0 heterocycles. The Morgan fingerprint density at radius 2 is 1.35 bits per heavy atom. The van der Waals surface area contributed by atoms with E-state index in [-0.39, 0.29) is 12.6 Å². The van der Waals surface area contributed by atoms with E-state index >= 15 is 0 Å². The summed E-state index contributed by atoms with van der Waals surface area (Å²) >= 11 is 0. The molecule has 0 radical (unpaired) electrons. The number of hydrogen-bond donors (Lipinski definition) is 0. The van der Waals surface area contributed by atoms with Crippen LogP contribution in [0.3, 0.4) is 0 Å². The summed E-state index contributed by atoms with van der Waals surface area (Å²) in [6.45, 7) is 0.230. The van der Waals surface area contributed by atoms with Gasteiger partial charge >= 0.3 is 5.97 Å². The maximum Gasteiger partial charge on any atom is 0.331 e. The lowest BCUT2D eigenvalue weighted by atomic mass is 10.1. The first-order valence-electron chi connectivity index (χ1n) is 10.2. The largest absolute Gasteiger partial charge is 0.497 e. The van der Waals surface area contributed by atoms with Gasteiger partial charge in [-0.1, -0.05) is 85.0 Å². The van der Waals surface area contributed by atoms with Crippen molar-refractivity contribution < 1.29 is 14.3 Å². The summed E-state index contributed by atoms with van der Waals surface area (Å²) in [5.74, 6) is 0.405. The van der Waals surface area contributed by atoms with Gasteiger partial charge in [0.05, 0.1) is 7.11 Å². The van der Waals surface area contributed by atoms with Gasteiger partial charge in [0.1, 0.15) is 12.4 Å². The summed E-state index contributed by atoms with van der Waals surface area (Å²) in [6, 6.07) is 26.1. The van der Waals surface area contributed by atoms with E-state index in [1.807, 2.05) is 54.6 Å². The Morgan fingerprint density at radius 1 is 0.742 bits per heavy atom. The summed E-state index contributed by atoms with van der Waals surface area (Å²) in [5.41, 5.74) is 4.43. The summed E-state index contributed by atoms with van der Waals surface area (Å²) in [7, 11) is 1.62. The topological polar surface area (TPSA) is 35.5 Å². The number of esters is 1. The summed E-state index contributed by atoms with van der Waals surface area (Å²) in [5, 5.41) is 0. The fourth-order valence-corrected chi connectivity index (χ4v) is 2.90. The molecule has 0 atom stereocenters. The van der Waals surface area contributed by atoms with Gasteiger partial charge in [-0.2, -0.15) is 0 Å². The predicted molar refractivity (Wildman–Crippen MR) is 128 cm³/mol. The number of ether oxygens (including phenoxy) is 2. The molecule has 0 spiro atoms. The average molecular weight is 411 g/mol. The van der Waals surface area contributed by atoms with Crippen LogP contribution < -0.4 is 4.74 Å². The summed E-state index contributed by atoms with van der Waals surface area (Å²) in [4.78, 5) is 11.8. The van der Waals surface area contributed by atoms with Crippen LogP contribution in [0.15, 0.2) is 97.1 Å². The van der Waals surface area contributed by atoms with Gasteiger partial charge in [0, 0.05) is 6.08 Å². The Bertz CT molecular complexity index is 1030. The van der Waals surface area contributed by atoms with E-state index in [4.69, 9.17) is 9.47 Å². The molecular formula is C28H26O3. The lowest BCUT2D eigenvalue weighted by Crippen LogP contribution is -1.99. The number of rotatable bonds is 9. The number of methoxy groups -OCH3 is 1. The summed E-state index contributed by atoms with van der Waals surface area (Å²) in [6.07, 6.45) is 12.1. The monoisotopic (exact) mass is 410 g/mol.